The van der Waals surface area contributed by atoms with Gasteiger partial charge in [-0.25, -0.2) is 0 Å². The van der Waals surface area contributed by atoms with Crippen LogP contribution in [-0.4, -0.2) is 24.1 Å². The molecule has 2 N–H and O–H groups in total. The SMILES string of the molecule is Cc1ccc(C(=O)Nc2ccc(N3CCC(C)C3)cc2)c(O)c1. The summed E-state index contributed by atoms with van der Waals surface area (Å²) in [5.74, 6) is 0.439. The van der Waals surface area contributed by atoms with E-state index in [0.717, 1.165) is 30.3 Å². The number of carbonyl (C=O) groups excluding carboxylic acids is 1. The van der Waals surface area contributed by atoms with Crippen molar-refractivity contribution in [1.82, 2.24) is 0 Å². The Labute approximate surface area is 136 Å². The highest BCUT2D eigenvalue weighted by Gasteiger charge is 2.18. The lowest BCUT2D eigenvalue weighted by Crippen LogP contribution is -2.19. The molecule has 0 spiro atoms. The molecule has 0 saturated carbocycles. The summed E-state index contributed by atoms with van der Waals surface area (Å²) in [7, 11) is 0. The third-order valence-electron chi connectivity index (χ3n) is 4.31. The smallest absolute Gasteiger partial charge is 0.259 e. The van der Waals surface area contributed by atoms with Gasteiger partial charge in [-0.2, -0.15) is 0 Å². The van der Waals surface area contributed by atoms with Crippen molar-refractivity contribution in [2.24, 2.45) is 5.92 Å². The van der Waals surface area contributed by atoms with Crippen LogP contribution in [0.4, 0.5) is 11.4 Å². The number of nitrogens with one attached hydrogen (secondary N) is 1. The van der Waals surface area contributed by atoms with Crippen LogP contribution in [0.25, 0.3) is 0 Å². The van der Waals surface area contributed by atoms with E-state index in [4.69, 9.17) is 0 Å². The van der Waals surface area contributed by atoms with E-state index in [1.807, 2.05) is 37.3 Å². The van der Waals surface area contributed by atoms with Crippen LogP contribution in [0.2, 0.25) is 0 Å². The number of rotatable bonds is 3. The second-order valence-electron chi connectivity index (χ2n) is 6.36. The molecule has 4 nitrogen and oxygen atoms in total. The molecule has 1 aliphatic heterocycles. The molecule has 120 valence electrons. The Morgan fingerprint density at radius 3 is 2.57 bits per heavy atom. The number of aromatic hydroxyl groups is 1. The molecule has 23 heavy (non-hydrogen) atoms. The van der Waals surface area contributed by atoms with Gasteiger partial charge < -0.3 is 15.3 Å². The first-order valence-corrected chi connectivity index (χ1v) is 7.99. The van der Waals surface area contributed by atoms with Crippen molar-refractivity contribution in [2.75, 3.05) is 23.3 Å². The summed E-state index contributed by atoms with van der Waals surface area (Å²) in [5.41, 5.74) is 3.12. The van der Waals surface area contributed by atoms with Gasteiger partial charge in [-0.15, -0.1) is 0 Å². The molecular weight excluding hydrogens is 288 g/mol. The largest absolute Gasteiger partial charge is 0.507 e. The maximum absolute atomic E-state index is 12.2. The first-order chi connectivity index (χ1) is 11.0. The maximum atomic E-state index is 12.2. The quantitative estimate of drug-likeness (QED) is 0.906. The van der Waals surface area contributed by atoms with E-state index >= 15 is 0 Å². The summed E-state index contributed by atoms with van der Waals surface area (Å²) in [5, 5.41) is 12.7. The zero-order valence-electron chi connectivity index (χ0n) is 13.5. The van der Waals surface area contributed by atoms with E-state index in [1.54, 1.807) is 12.1 Å². The van der Waals surface area contributed by atoms with E-state index in [-0.39, 0.29) is 17.2 Å². The number of benzene rings is 2. The second-order valence-corrected chi connectivity index (χ2v) is 6.36. The zero-order chi connectivity index (χ0) is 16.4. The molecule has 4 heteroatoms. The van der Waals surface area contributed by atoms with Crippen LogP contribution in [0.1, 0.15) is 29.3 Å². The number of hydrogen-bond acceptors (Lipinski definition) is 3. The highest BCUT2D eigenvalue weighted by Crippen LogP contribution is 2.25. The van der Waals surface area contributed by atoms with Crippen LogP contribution >= 0.6 is 0 Å². The summed E-state index contributed by atoms with van der Waals surface area (Å²) in [4.78, 5) is 14.6. The fourth-order valence-electron chi connectivity index (χ4n) is 2.96. The molecule has 0 bridgehead atoms. The third-order valence-corrected chi connectivity index (χ3v) is 4.31. The Hall–Kier alpha value is -2.49. The number of aryl methyl sites for hydroxylation is 1. The molecule has 1 aliphatic rings. The summed E-state index contributed by atoms with van der Waals surface area (Å²) >= 11 is 0. The van der Waals surface area contributed by atoms with Crippen molar-refractivity contribution in [3.8, 4) is 5.75 Å². The molecule has 1 unspecified atom stereocenters. The number of phenolic OH excluding ortho intramolecular Hbond substituents is 1. The van der Waals surface area contributed by atoms with E-state index in [1.165, 1.54) is 12.1 Å². The molecule has 3 rings (SSSR count). The van der Waals surface area contributed by atoms with Gasteiger partial charge in [-0.1, -0.05) is 13.0 Å². The standard InChI is InChI=1S/C19H22N2O2/c1-13-3-8-17(18(22)11-13)19(23)20-15-4-6-16(7-5-15)21-10-9-14(2)12-21/h3-8,11,14,22H,9-10,12H2,1-2H3,(H,20,23). The van der Waals surface area contributed by atoms with Gasteiger partial charge in [0.25, 0.3) is 5.91 Å². The van der Waals surface area contributed by atoms with Crippen LogP contribution in [0.15, 0.2) is 42.5 Å². The van der Waals surface area contributed by atoms with Crippen molar-refractivity contribution in [3.63, 3.8) is 0 Å². The fourth-order valence-corrected chi connectivity index (χ4v) is 2.96. The van der Waals surface area contributed by atoms with Crippen molar-refractivity contribution in [3.05, 3.63) is 53.6 Å². The average molecular weight is 310 g/mol. The van der Waals surface area contributed by atoms with Gasteiger partial charge in [-0.05, 0) is 61.2 Å². The number of amides is 1. The van der Waals surface area contributed by atoms with E-state index in [2.05, 4.69) is 17.1 Å². The Morgan fingerprint density at radius 2 is 1.96 bits per heavy atom. The highest BCUT2D eigenvalue weighted by molar-refractivity contribution is 6.06. The molecule has 2 aromatic carbocycles. The molecule has 1 heterocycles. The Kier molecular flexibility index (Phi) is 4.24. The Balaban J connectivity index is 1.69. The van der Waals surface area contributed by atoms with Crippen molar-refractivity contribution < 1.29 is 9.90 Å². The summed E-state index contributed by atoms with van der Waals surface area (Å²) in [6.07, 6.45) is 1.23. The normalized spacial score (nSPS) is 17.3. The molecule has 1 atom stereocenters. The number of carbonyl (C=O) groups is 1. The zero-order valence-corrected chi connectivity index (χ0v) is 13.5. The predicted octanol–water partition coefficient (Wildman–Crippen LogP) is 3.80. The molecule has 2 aromatic rings. The second kappa shape index (κ2) is 6.32. The van der Waals surface area contributed by atoms with Crippen LogP contribution < -0.4 is 10.2 Å². The van der Waals surface area contributed by atoms with Crippen molar-refractivity contribution in [1.29, 1.82) is 0 Å². The summed E-state index contributed by atoms with van der Waals surface area (Å²) in [6, 6.07) is 12.9. The van der Waals surface area contributed by atoms with Gasteiger partial charge in [0, 0.05) is 24.5 Å². The number of hydrogen-bond donors (Lipinski definition) is 2. The van der Waals surface area contributed by atoms with E-state index in [0.29, 0.717) is 0 Å². The number of anilines is 2. The lowest BCUT2D eigenvalue weighted by molar-refractivity contribution is 0.102. The summed E-state index contributed by atoms with van der Waals surface area (Å²) in [6.45, 7) is 6.31. The first kappa shape index (κ1) is 15.4. The highest BCUT2D eigenvalue weighted by atomic mass is 16.3. The topological polar surface area (TPSA) is 52.6 Å². The minimum absolute atomic E-state index is 0.00479. The molecule has 1 fully saturated rings. The third kappa shape index (κ3) is 3.47. The molecule has 0 aromatic heterocycles. The lowest BCUT2D eigenvalue weighted by atomic mass is 10.1. The predicted molar refractivity (Wildman–Crippen MR) is 93.2 cm³/mol. The Bertz CT molecular complexity index is 710. The molecule has 1 amide bonds. The van der Waals surface area contributed by atoms with Gasteiger partial charge in [0.1, 0.15) is 5.75 Å². The minimum atomic E-state index is -0.301. The Morgan fingerprint density at radius 1 is 1.22 bits per heavy atom. The first-order valence-electron chi connectivity index (χ1n) is 7.99. The van der Waals surface area contributed by atoms with Crippen molar-refractivity contribution in [2.45, 2.75) is 20.3 Å². The molecule has 0 aliphatic carbocycles. The molecule has 0 radical (unpaired) electrons. The fraction of sp³-hybridized carbons (Fsp3) is 0.316. The minimum Gasteiger partial charge on any atom is -0.507 e. The summed E-state index contributed by atoms with van der Waals surface area (Å²) < 4.78 is 0. The maximum Gasteiger partial charge on any atom is 0.259 e. The van der Waals surface area contributed by atoms with Crippen LogP contribution in [0, 0.1) is 12.8 Å². The van der Waals surface area contributed by atoms with Gasteiger partial charge >= 0.3 is 0 Å². The van der Waals surface area contributed by atoms with Gasteiger partial charge in [0.05, 0.1) is 5.56 Å². The van der Waals surface area contributed by atoms with Crippen LogP contribution in [0.5, 0.6) is 5.75 Å². The van der Waals surface area contributed by atoms with Gasteiger partial charge in [-0.3, -0.25) is 4.79 Å². The van der Waals surface area contributed by atoms with E-state index in [9.17, 15) is 9.90 Å². The van der Waals surface area contributed by atoms with Gasteiger partial charge in [0.2, 0.25) is 0 Å². The van der Waals surface area contributed by atoms with Crippen LogP contribution in [-0.2, 0) is 0 Å². The molecule has 1 saturated heterocycles. The number of nitrogens with zero attached hydrogens (tertiary/aromatic N) is 1. The van der Waals surface area contributed by atoms with E-state index < -0.39 is 0 Å². The average Bonchev–Trinajstić information content (AvgIpc) is 2.94. The monoisotopic (exact) mass is 310 g/mol. The lowest BCUT2D eigenvalue weighted by Gasteiger charge is -2.18. The van der Waals surface area contributed by atoms with Crippen molar-refractivity contribution >= 4 is 17.3 Å². The number of phenols is 1. The van der Waals surface area contributed by atoms with Crippen LogP contribution in [0.3, 0.4) is 0 Å². The molecular formula is C19H22N2O2. The van der Waals surface area contributed by atoms with Gasteiger partial charge in [0.15, 0.2) is 0 Å².